The van der Waals surface area contributed by atoms with Crippen LogP contribution in [0.25, 0.3) is 0 Å². The van der Waals surface area contributed by atoms with Gasteiger partial charge in [0, 0.05) is 25.1 Å². The van der Waals surface area contributed by atoms with E-state index in [2.05, 4.69) is 0 Å². The number of hydrogen-bond acceptors (Lipinski definition) is 5. The Hall–Kier alpha value is -2.77. The maximum atomic E-state index is 12.4. The van der Waals surface area contributed by atoms with Crippen LogP contribution in [-0.2, 0) is 20.9 Å². The minimum Gasteiger partial charge on any atom is -0.493 e. The van der Waals surface area contributed by atoms with Crippen molar-refractivity contribution >= 4 is 23.5 Å². The molecule has 0 radical (unpaired) electrons. The molecule has 1 fully saturated rings. The van der Waals surface area contributed by atoms with Gasteiger partial charge in [0.15, 0.2) is 11.5 Å². The van der Waals surface area contributed by atoms with E-state index in [-0.39, 0.29) is 12.3 Å². The summed E-state index contributed by atoms with van der Waals surface area (Å²) in [6.07, 6.45) is -0.0426. The average molecular weight is 434 g/mol. The Balaban J connectivity index is 1.85. The first-order valence-electron chi connectivity index (χ1n) is 9.51. The number of carbonyl (C=O) groups is 2. The number of carbonyl (C=O) groups excluding carboxylic acids is 1. The molecular formula is C22H24ClNO6. The third-order valence-corrected chi connectivity index (χ3v) is 5.33. The van der Waals surface area contributed by atoms with Gasteiger partial charge in [-0.05, 0) is 35.4 Å². The van der Waals surface area contributed by atoms with E-state index >= 15 is 0 Å². The molecule has 1 heterocycles. The van der Waals surface area contributed by atoms with Crippen molar-refractivity contribution in [1.29, 1.82) is 0 Å². The Bertz CT molecular complexity index is 918. The molecule has 1 N–H and O–H groups in total. The fraction of sp³-hybridized carbons (Fsp3) is 0.364. The van der Waals surface area contributed by atoms with Gasteiger partial charge in [0.25, 0.3) is 0 Å². The highest BCUT2D eigenvalue weighted by Crippen LogP contribution is 2.41. The van der Waals surface area contributed by atoms with Crippen LogP contribution >= 0.6 is 11.6 Å². The van der Waals surface area contributed by atoms with Crippen molar-refractivity contribution in [3.8, 4) is 11.5 Å². The first-order valence-corrected chi connectivity index (χ1v) is 9.88. The van der Waals surface area contributed by atoms with Crippen LogP contribution < -0.4 is 9.47 Å². The molecule has 0 aromatic heterocycles. The van der Waals surface area contributed by atoms with Gasteiger partial charge in [-0.3, -0.25) is 9.59 Å². The highest BCUT2D eigenvalue weighted by Gasteiger charge is 2.44. The molecule has 7 nitrogen and oxygen atoms in total. The lowest BCUT2D eigenvalue weighted by Gasteiger charge is -2.27. The lowest BCUT2D eigenvalue weighted by Crippen LogP contribution is -2.33. The van der Waals surface area contributed by atoms with E-state index in [1.165, 1.54) is 7.11 Å². The summed E-state index contributed by atoms with van der Waals surface area (Å²) in [5, 5.41) is 10.3. The van der Waals surface area contributed by atoms with Crippen LogP contribution in [-0.4, -0.2) is 49.3 Å². The zero-order chi connectivity index (χ0) is 21.7. The van der Waals surface area contributed by atoms with Crippen LogP contribution in [0.15, 0.2) is 42.5 Å². The van der Waals surface area contributed by atoms with Crippen molar-refractivity contribution in [2.24, 2.45) is 5.92 Å². The summed E-state index contributed by atoms with van der Waals surface area (Å²) in [5.74, 6) is -1.07. The van der Waals surface area contributed by atoms with E-state index in [4.69, 9.17) is 25.8 Å². The Kier molecular flexibility index (Phi) is 7.18. The van der Waals surface area contributed by atoms with Gasteiger partial charge >= 0.3 is 5.97 Å². The van der Waals surface area contributed by atoms with E-state index < -0.39 is 17.9 Å². The lowest BCUT2D eigenvalue weighted by molar-refractivity contribution is -0.142. The first kappa shape index (κ1) is 21.9. The first-order chi connectivity index (χ1) is 14.4. The van der Waals surface area contributed by atoms with Crippen LogP contribution in [0.2, 0.25) is 5.02 Å². The summed E-state index contributed by atoms with van der Waals surface area (Å²) < 4.78 is 16.4. The maximum absolute atomic E-state index is 12.4. The van der Waals surface area contributed by atoms with Crippen LogP contribution in [0.4, 0.5) is 0 Å². The molecule has 1 saturated heterocycles. The molecule has 2 aromatic rings. The molecule has 0 unspecified atom stereocenters. The van der Waals surface area contributed by atoms with Gasteiger partial charge in [0.1, 0.15) is 6.61 Å². The second-order valence-corrected chi connectivity index (χ2v) is 7.44. The number of nitrogens with zero attached hydrogens (tertiary/aromatic N) is 1. The monoisotopic (exact) mass is 433 g/mol. The molecule has 160 valence electrons. The summed E-state index contributed by atoms with van der Waals surface area (Å²) in [4.78, 5) is 25.8. The van der Waals surface area contributed by atoms with Gasteiger partial charge in [-0.2, -0.15) is 0 Å². The van der Waals surface area contributed by atoms with Crippen molar-refractivity contribution in [3.05, 3.63) is 58.6 Å². The number of carboxylic acids is 1. The standard InChI is InChI=1S/C22H24ClNO6/c1-28-9-8-24-20(25)12-17(22(26)27)21(24)15-6-7-18(19(11-15)29-2)30-13-14-4-3-5-16(23)10-14/h3-7,10-11,17,21H,8-9,12-13H2,1-2H3,(H,26,27)/t17-,21-/m0/s1. The molecule has 3 rings (SSSR count). The number of benzene rings is 2. The Morgan fingerprint density at radius 2 is 2.00 bits per heavy atom. The molecule has 1 aliphatic rings. The minimum absolute atomic E-state index is 0.0426. The summed E-state index contributed by atoms with van der Waals surface area (Å²) in [6.45, 7) is 0.946. The molecule has 0 bridgehead atoms. The third kappa shape index (κ3) is 4.86. The largest absolute Gasteiger partial charge is 0.493 e. The van der Waals surface area contributed by atoms with Gasteiger partial charge in [0.2, 0.25) is 5.91 Å². The molecule has 8 heteroatoms. The zero-order valence-corrected chi connectivity index (χ0v) is 17.6. The van der Waals surface area contributed by atoms with E-state index in [0.717, 1.165) is 5.56 Å². The van der Waals surface area contributed by atoms with Crippen molar-refractivity contribution < 1.29 is 28.9 Å². The number of amides is 1. The lowest BCUT2D eigenvalue weighted by atomic mass is 9.93. The SMILES string of the molecule is COCCN1C(=O)C[C@H](C(=O)O)[C@@H]1c1ccc(OCc2cccc(Cl)c2)c(OC)c1. The molecule has 0 saturated carbocycles. The summed E-state index contributed by atoms with van der Waals surface area (Å²) >= 11 is 6.01. The van der Waals surface area contributed by atoms with Crippen molar-refractivity contribution in [2.45, 2.75) is 19.1 Å². The predicted molar refractivity (Wildman–Crippen MR) is 111 cm³/mol. The number of methoxy groups -OCH3 is 2. The maximum Gasteiger partial charge on any atom is 0.309 e. The molecule has 1 aliphatic heterocycles. The molecule has 1 amide bonds. The predicted octanol–water partition coefficient (Wildman–Crippen LogP) is 3.55. The van der Waals surface area contributed by atoms with Gasteiger partial charge in [-0.25, -0.2) is 0 Å². The van der Waals surface area contributed by atoms with E-state index in [9.17, 15) is 14.7 Å². The fourth-order valence-electron chi connectivity index (χ4n) is 3.65. The van der Waals surface area contributed by atoms with Crippen LogP contribution in [0.5, 0.6) is 11.5 Å². The number of ether oxygens (including phenoxy) is 3. The van der Waals surface area contributed by atoms with E-state index in [1.807, 2.05) is 18.2 Å². The highest BCUT2D eigenvalue weighted by atomic mass is 35.5. The molecular weight excluding hydrogens is 410 g/mol. The fourth-order valence-corrected chi connectivity index (χ4v) is 3.87. The average Bonchev–Trinajstić information content (AvgIpc) is 3.07. The number of aliphatic carboxylic acids is 1. The Labute approximate surface area is 180 Å². The van der Waals surface area contributed by atoms with Gasteiger partial charge in [-0.15, -0.1) is 0 Å². The number of carboxylic acid groups (broad SMARTS) is 1. The summed E-state index contributed by atoms with van der Waals surface area (Å²) in [7, 11) is 3.06. The normalized spacial score (nSPS) is 18.5. The summed E-state index contributed by atoms with van der Waals surface area (Å²) in [6, 6.07) is 12.0. The number of rotatable bonds is 9. The smallest absolute Gasteiger partial charge is 0.309 e. The molecule has 30 heavy (non-hydrogen) atoms. The van der Waals surface area contributed by atoms with Gasteiger partial charge in [-0.1, -0.05) is 29.8 Å². The number of likely N-dealkylation sites (tertiary alicyclic amines) is 1. The second kappa shape index (κ2) is 9.82. The minimum atomic E-state index is -1.01. The zero-order valence-electron chi connectivity index (χ0n) is 16.8. The third-order valence-electron chi connectivity index (χ3n) is 5.10. The van der Waals surface area contributed by atoms with E-state index in [1.54, 1.807) is 36.3 Å². The van der Waals surface area contributed by atoms with Crippen molar-refractivity contribution in [3.63, 3.8) is 0 Å². The number of halogens is 1. The van der Waals surface area contributed by atoms with Gasteiger partial charge in [0.05, 0.1) is 25.7 Å². The van der Waals surface area contributed by atoms with Crippen LogP contribution in [0, 0.1) is 5.92 Å². The second-order valence-electron chi connectivity index (χ2n) is 7.00. The molecule has 2 atom stereocenters. The molecule has 0 spiro atoms. The Morgan fingerprint density at radius 1 is 1.20 bits per heavy atom. The van der Waals surface area contributed by atoms with E-state index in [0.29, 0.717) is 41.8 Å². The number of hydrogen-bond donors (Lipinski definition) is 1. The topological polar surface area (TPSA) is 85.3 Å². The Morgan fingerprint density at radius 3 is 2.67 bits per heavy atom. The van der Waals surface area contributed by atoms with Crippen molar-refractivity contribution in [1.82, 2.24) is 4.90 Å². The van der Waals surface area contributed by atoms with Crippen LogP contribution in [0.1, 0.15) is 23.6 Å². The molecule has 2 aromatic carbocycles. The molecule has 0 aliphatic carbocycles. The van der Waals surface area contributed by atoms with Crippen molar-refractivity contribution in [2.75, 3.05) is 27.4 Å². The quantitative estimate of drug-likeness (QED) is 0.651. The van der Waals surface area contributed by atoms with Crippen LogP contribution in [0.3, 0.4) is 0 Å². The summed E-state index contributed by atoms with van der Waals surface area (Å²) in [5.41, 5.74) is 1.59. The van der Waals surface area contributed by atoms with Gasteiger partial charge < -0.3 is 24.2 Å². The highest BCUT2D eigenvalue weighted by molar-refractivity contribution is 6.30.